The first-order chi connectivity index (χ1) is 15.5. The Bertz CT molecular complexity index is 1200. The van der Waals surface area contributed by atoms with E-state index in [9.17, 15) is 14.4 Å². The van der Waals surface area contributed by atoms with Gasteiger partial charge < -0.3 is 24.5 Å². The van der Waals surface area contributed by atoms with Crippen LogP contribution in [0.4, 0.5) is 4.79 Å². The second-order valence-electron chi connectivity index (χ2n) is 6.64. The third-order valence-electron chi connectivity index (χ3n) is 4.72. The van der Waals surface area contributed by atoms with Crippen LogP contribution in [0.25, 0.3) is 5.52 Å². The zero-order valence-electron chi connectivity index (χ0n) is 17.3. The molecule has 1 aliphatic rings. The number of imidazole rings is 1. The van der Waals surface area contributed by atoms with Crippen LogP contribution in [0.3, 0.4) is 0 Å². The quantitative estimate of drug-likeness (QED) is 0.411. The van der Waals surface area contributed by atoms with Crippen molar-refractivity contribution in [1.29, 1.82) is 0 Å². The lowest BCUT2D eigenvalue weighted by atomic mass is 10.0. The number of carbonyl (C=O) groups excluding carboxylic acids is 3. The van der Waals surface area contributed by atoms with Gasteiger partial charge in [0.05, 0.1) is 29.7 Å². The Morgan fingerprint density at radius 1 is 1.22 bits per heavy atom. The van der Waals surface area contributed by atoms with E-state index in [-0.39, 0.29) is 30.2 Å². The molecule has 0 radical (unpaired) electrons. The second kappa shape index (κ2) is 9.18. The molecule has 3 aromatic rings. The van der Waals surface area contributed by atoms with Crippen molar-refractivity contribution in [3.8, 4) is 0 Å². The van der Waals surface area contributed by atoms with E-state index in [1.807, 2.05) is 12.3 Å². The van der Waals surface area contributed by atoms with Gasteiger partial charge in [0.1, 0.15) is 18.4 Å². The maximum atomic E-state index is 12.8. The van der Waals surface area contributed by atoms with Gasteiger partial charge in [-0.25, -0.2) is 19.4 Å². The molecule has 32 heavy (non-hydrogen) atoms. The van der Waals surface area contributed by atoms with Gasteiger partial charge >= 0.3 is 18.0 Å². The standard InChI is InChI=1S/C21H20N4O6S/c1-3-29-18(26)15-12(22-20(28)23-17(15)14-8-6-10-30-14)11-31-19(27)16-13-7-4-5-9-25(13)21(24-16)32-2/h4-10,17H,3,11H2,1-2H3,(H2,22,23,28). The van der Waals surface area contributed by atoms with Crippen LogP contribution in [0.1, 0.15) is 29.2 Å². The summed E-state index contributed by atoms with van der Waals surface area (Å²) in [7, 11) is 0. The summed E-state index contributed by atoms with van der Waals surface area (Å²) in [6.45, 7) is 1.44. The van der Waals surface area contributed by atoms with Gasteiger partial charge in [-0.05, 0) is 37.4 Å². The molecule has 1 aliphatic heterocycles. The fraction of sp³-hybridized carbons (Fsp3) is 0.238. The summed E-state index contributed by atoms with van der Waals surface area (Å²) < 4.78 is 17.8. The molecule has 2 N–H and O–H groups in total. The van der Waals surface area contributed by atoms with Crippen LogP contribution in [0, 0.1) is 0 Å². The number of nitrogens with zero attached hydrogens (tertiary/aromatic N) is 2. The van der Waals surface area contributed by atoms with Crippen molar-refractivity contribution < 1.29 is 28.3 Å². The summed E-state index contributed by atoms with van der Waals surface area (Å²) in [5.41, 5.74) is 0.921. The van der Waals surface area contributed by atoms with E-state index >= 15 is 0 Å². The second-order valence-corrected chi connectivity index (χ2v) is 7.41. The molecular weight excluding hydrogens is 436 g/mol. The van der Waals surface area contributed by atoms with Crippen LogP contribution in [0.15, 0.2) is 63.6 Å². The van der Waals surface area contributed by atoms with E-state index in [1.54, 1.807) is 41.8 Å². The first-order valence-electron chi connectivity index (χ1n) is 9.72. The number of ether oxygens (including phenoxy) is 2. The molecule has 4 rings (SSSR count). The number of aromatic nitrogens is 2. The average molecular weight is 456 g/mol. The van der Waals surface area contributed by atoms with Gasteiger partial charge in [0.25, 0.3) is 0 Å². The number of pyridine rings is 1. The number of amides is 2. The third kappa shape index (κ3) is 4.06. The molecule has 3 aromatic heterocycles. The van der Waals surface area contributed by atoms with Crippen molar-refractivity contribution >= 4 is 35.2 Å². The highest BCUT2D eigenvalue weighted by atomic mass is 32.2. The molecule has 0 spiro atoms. The van der Waals surface area contributed by atoms with Gasteiger partial charge in [0, 0.05) is 6.20 Å². The summed E-state index contributed by atoms with van der Waals surface area (Å²) in [6.07, 6.45) is 5.08. The number of hydrogen-bond donors (Lipinski definition) is 2. The Morgan fingerprint density at radius 3 is 2.78 bits per heavy atom. The van der Waals surface area contributed by atoms with Crippen molar-refractivity contribution in [2.45, 2.75) is 18.1 Å². The molecule has 0 aromatic carbocycles. The summed E-state index contributed by atoms with van der Waals surface area (Å²) in [6, 6.07) is 7.19. The molecule has 0 saturated carbocycles. The zero-order valence-corrected chi connectivity index (χ0v) is 18.1. The Morgan fingerprint density at radius 2 is 2.06 bits per heavy atom. The van der Waals surface area contributed by atoms with Crippen LogP contribution >= 0.6 is 11.8 Å². The molecule has 2 amide bonds. The van der Waals surface area contributed by atoms with Gasteiger partial charge in [-0.3, -0.25) is 4.40 Å². The smallest absolute Gasteiger partial charge is 0.359 e. The Kier molecular flexibility index (Phi) is 6.17. The molecule has 0 fully saturated rings. The molecule has 1 atom stereocenters. The van der Waals surface area contributed by atoms with Gasteiger partial charge in [-0.2, -0.15) is 0 Å². The molecule has 0 aliphatic carbocycles. The Balaban J connectivity index is 1.65. The summed E-state index contributed by atoms with van der Waals surface area (Å²) in [4.78, 5) is 42.1. The molecular formula is C21H20N4O6S. The highest BCUT2D eigenvalue weighted by molar-refractivity contribution is 7.98. The fourth-order valence-corrected chi connectivity index (χ4v) is 3.90. The van der Waals surface area contributed by atoms with Crippen LogP contribution in [0.2, 0.25) is 0 Å². The minimum absolute atomic E-state index is 0.0914. The number of rotatable bonds is 7. The monoisotopic (exact) mass is 456 g/mol. The van der Waals surface area contributed by atoms with Crippen LogP contribution in [-0.4, -0.2) is 46.8 Å². The highest BCUT2D eigenvalue weighted by Gasteiger charge is 2.36. The minimum atomic E-state index is -0.886. The van der Waals surface area contributed by atoms with Crippen LogP contribution in [-0.2, 0) is 14.3 Å². The number of urea groups is 1. The van der Waals surface area contributed by atoms with Crippen LogP contribution < -0.4 is 10.6 Å². The topological polar surface area (TPSA) is 124 Å². The van der Waals surface area contributed by atoms with Crippen molar-refractivity contribution in [1.82, 2.24) is 20.0 Å². The number of esters is 2. The average Bonchev–Trinajstić information content (AvgIpc) is 3.45. The van der Waals surface area contributed by atoms with E-state index in [2.05, 4.69) is 15.6 Å². The number of carbonyl (C=O) groups is 3. The molecule has 4 heterocycles. The lowest BCUT2D eigenvalue weighted by Crippen LogP contribution is -2.47. The summed E-state index contributed by atoms with van der Waals surface area (Å²) in [5.74, 6) is -1.01. The van der Waals surface area contributed by atoms with E-state index in [0.717, 1.165) is 0 Å². The van der Waals surface area contributed by atoms with Gasteiger partial charge in [0.15, 0.2) is 10.9 Å². The van der Waals surface area contributed by atoms with E-state index in [0.29, 0.717) is 16.4 Å². The summed E-state index contributed by atoms with van der Waals surface area (Å²) in [5, 5.41) is 5.80. The minimum Gasteiger partial charge on any atom is -0.467 e. The van der Waals surface area contributed by atoms with E-state index < -0.39 is 24.0 Å². The number of fused-ring (bicyclic) bond motifs is 1. The Labute approximate surface area is 187 Å². The molecule has 1 unspecified atom stereocenters. The summed E-state index contributed by atoms with van der Waals surface area (Å²) >= 11 is 1.39. The van der Waals surface area contributed by atoms with E-state index in [1.165, 1.54) is 18.0 Å². The molecule has 10 nitrogen and oxygen atoms in total. The van der Waals surface area contributed by atoms with E-state index in [4.69, 9.17) is 13.9 Å². The predicted octanol–water partition coefficient (Wildman–Crippen LogP) is 2.68. The molecule has 11 heteroatoms. The lowest BCUT2D eigenvalue weighted by molar-refractivity contribution is -0.139. The van der Waals surface area contributed by atoms with Crippen molar-refractivity contribution in [2.75, 3.05) is 19.5 Å². The molecule has 166 valence electrons. The fourth-order valence-electron chi connectivity index (χ4n) is 3.36. The third-order valence-corrected chi connectivity index (χ3v) is 5.37. The van der Waals surface area contributed by atoms with Crippen molar-refractivity contribution in [3.63, 3.8) is 0 Å². The van der Waals surface area contributed by atoms with Crippen molar-refractivity contribution in [2.24, 2.45) is 0 Å². The SMILES string of the molecule is CCOC(=O)C1=C(COC(=O)c2nc(SC)n3ccccc23)NC(=O)NC1c1ccco1. The van der Waals surface area contributed by atoms with Gasteiger partial charge in [-0.1, -0.05) is 17.8 Å². The Hall–Kier alpha value is -3.73. The van der Waals surface area contributed by atoms with Crippen LogP contribution in [0.5, 0.6) is 0 Å². The first kappa shape index (κ1) is 21.5. The van der Waals surface area contributed by atoms with Gasteiger partial charge in [0.2, 0.25) is 0 Å². The first-order valence-corrected chi connectivity index (χ1v) is 10.9. The largest absolute Gasteiger partial charge is 0.467 e. The normalized spacial score (nSPS) is 15.9. The van der Waals surface area contributed by atoms with Crippen molar-refractivity contribution in [3.05, 3.63) is 65.5 Å². The lowest BCUT2D eigenvalue weighted by Gasteiger charge is -2.27. The highest BCUT2D eigenvalue weighted by Crippen LogP contribution is 2.28. The maximum absolute atomic E-state index is 12.8. The van der Waals surface area contributed by atoms with Gasteiger partial charge in [-0.15, -0.1) is 0 Å². The molecule has 0 saturated heterocycles. The number of thioether (sulfide) groups is 1. The number of nitrogens with one attached hydrogen (secondary N) is 2. The number of hydrogen-bond acceptors (Lipinski definition) is 8. The zero-order chi connectivity index (χ0) is 22.7. The number of furan rings is 1. The maximum Gasteiger partial charge on any atom is 0.359 e. The predicted molar refractivity (Wildman–Crippen MR) is 114 cm³/mol. The molecule has 0 bridgehead atoms.